The lowest BCUT2D eigenvalue weighted by molar-refractivity contribution is -0.139. The quantitative estimate of drug-likeness (QED) is 0.519. The molecule has 1 rings (SSSR count). The summed E-state index contributed by atoms with van der Waals surface area (Å²) in [7, 11) is 0. The Labute approximate surface area is 130 Å². The number of rotatable bonds is 7. The topological polar surface area (TPSA) is 87.7 Å². The molecule has 0 bridgehead atoms. The fraction of sp³-hybridized carbons (Fsp3) is 0.500. The first-order chi connectivity index (χ1) is 10.5. The summed E-state index contributed by atoms with van der Waals surface area (Å²) in [6.07, 6.45) is 0.418. The highest BCUT2D eigenvalue weighted by Crippen LogP contribution is 2.26. The van der Waals surface area contributed by atoms with Crippen LogP contribution in [0.15, 0.2) is 18.2 Å². The van der Waals surface area contributed by atoms with Gasteiger partial charge in [0.2, 0.25) is 0 Å². The van der Waals surface area contributed by atoms with Crippen molar-refractivity contribution in [1.82, 2.24) is 10.6 Å². The molecule has 3 N–H and O–H groups in total. The first-order valence-electron chi connectivity index (χ1n) is 7.42. The molecule has 0 aliphatic heterocycles. The number of nitrogens with one attached hydrogen (secondary N) is 2. The number of aliphatic hydroxyl groups excluding tert-OH is 1. The van der Waals surface area contributed by atoms with Crippen molar-refractivity contribution < 1.29 is 19.4 Å². The molecule has 0 aliphatic rings. The Bertz CT molecular complexity index is 517. The van der Waals surface area contributed by atoms with Crippen molar-refractivity contribution in [2.24, 2.45) is 0 Å². The van der Waals surface area contributed by atoms with Gasteiger partial charge in [-0.05, 0) is 33.3 Å². The Kier molecular flexibility index (Phi) is 7.39. The van der Waals surface area contributed by atoms with Crippen LogP contribution in [0.2, 0.25) is 0 Å². The average Bonchev–Trinajstić information content (AvgIpc) is 2.49. The summed E-state index contributed by atoms with van der Waals surface area (Å²) in [5, 5.41) is 13.8. The maximum Gasteiger partial charge on any atom is 0.309 e. The summed E-state index contributed by atoms with van der Waals surface area (Å²) in [5.41, 5.74) is 1.88. The van der Waals surface area contributed by atoms with E-state index in [1.54, 1.807) is 6.92 Å². The minimum Gasteiger partial charge on any atom is -0.494 e. The second kappa shape index (κ2) is 9.04. The number of amides is 2. The Morgan fingerprint density at radius 3 is 2.68 bits per heavy atom. The van der Waals surface area contributed by atoms with E-state index in [-0.39, 0.29) is 19.2 Å². The van der Waals surface area contributed by atoms with Crippen LogP contribution in [0.3, 0.4) is 0 Å². The largest absolute Gasteiger partial charge is 0.494 e. The highest BCUT2D eigenvalue weighted by atomic mass is 16.5. The van der Waals surface area contributed by atoms with Crippen LogP contribution in [-0.2, 0) is 9.59 Å². The zero-order valence-electron chi connectivity index (χ0n) is 13.3. The molecule has 22 heavy (non-hydrogen) atoms. The number of carbonyl (C=O) groups is 2. The van der Waals surface area contributed by atoms with E-state index in [1.165, 1.54) is 0 Å². The van der Waals surface area contributed by atoms with Crippen molar-refractivity contribution in [2.45, 2.75) is 33.2 Å². The third-order valence-electron chi connectivity index (χ3n) is 3.11. The zero-order chi connectivity index (χ0) is 16.5. The first kappa shape index (κ1) is 18.0. The molecule has 0 spiro atoms. The van der Waals surface area contributed by atoms with Gasteiger partial charge in [0.1, 0.15) is 5.75 Å². The number of hydrogen-bond acceptors (Lipinski definition) is 4. The number of aryl methyl sites for hydroxylation is 1. The molecule has 0 aliphatic carbocycles. The molecule has 2 amide bonds. The van der Waals surface area contributed by atoms with Crippen molar-refractivity contribution in [3.05, 3.63) is 29.3 Å². The van der Waals surface area contributed by atoms with Gasteiger partial charge in [-0.1, -0.05) is 17.7 Å². The van der Waals surface area contributed by atoms with Crippen molar-refractivity contribution >= 4 is 11.8 Å². The summed E-state index contributed by atoms with van der Waals surface area (Å²) in [5.74, 6) is -0.707. The van der Waals surface area contributed by atoms with Crippen molar-refractivity contribution in [3.8, 4) is 5.75 Å². The molecule has 0 saturated carbocycles. The van der Waals surface area contributed by atoms with Crippen LogP contribution in [0.4, 0.5) is 0 Å². The molecule has 1 aromatic rings. The van der Waals surface area contributed by atoms with E-state index in [9.17, 15) is 9.59 Å². The molecule has 1 aromatic carbocycles. The van der Waals surface area contributed by atoms with Crippen LogP contribution in [-0.4, -0.2) is 36.7 Å². The second-order valence-electron chi connectivity index (χ2n) is 5.00. The lowest BCUT2D eigenvalue weighted by Gasteiger charge is -2.18. The number of ether oxygens (including phenoxy) is 1. The van der Waals surface area contributed by atoms with Gasteiger partial charge in [0.05, 0.1) is 12.6 Å². The smallest absolute Gasteiger partial charge is 0.309 e. The van der Waals surface area contributed by atoms with Crippen LogP contribution >= 0.6 is 0 Å². The van der Waals surface area contributed by atoms with Crippen LogP contribution in [0.25, 0.3) is 0 Å². The molecule has 6 heteroatoms. The lowest BCUT2D eigenvalue weighted by Crippen LogP contribution is -2.41. The Hall–Kier alpha value is -2.08. The number of benzene rings is 1. The first-order valence-corrected chi connectivity index (χ1v) is 7.42. The maximum atomic E-state index is 11.8. The van der Waals surface area contributed by atoms with E-state index >= 15 is 0 Å². The molecule has 1 atom stereocenters. The van der Waals surface area contributed by atoms with Gasteiger partial charge in [-0.15, -0.1) is 0 Å². The highest BCUT2D eigenvalue weighted by molar-refractivity contribution is 6.35. The van der Waals surface area contributed by atoms with E-state index in [4.69, 9.17) is 9.84 Å². The Balaban J connectivity index is 2.71. The summed E-state index contributed by atoms with van der Waals surface area (Å²) in [6, 6.07) is 5.38. The number of aliphatic hydroxyl groups is 1. The molecule has 0 saturated heterocycles. The lowest BCUT2D eigenvalue weighted by atomic mass is 10.0. The Morgan fingerprint density at radius 1 is 1.32 bits per heavy atom. The molecule has 122 valence electrons. The predicted octanol–water partition coefficient (Wildman–Crippen LogP) is 1.07. The van der Waals surface area contributed by atoms with E-state index < -0.39 is 11.8 Å². The molecule has 0 heterocycles. The molecule has 0 aromatic heterocycles. The SMILES string of the molecule is CCOc1ccc(C)cc1C(C)NC(=O)C(=O)NCCCO. The van der Waals surface area contributed by atoms with Gasteiger partial charge in [0.15, 0.2) is 0 Å². The van der Waals surface area contributed by atoms with Crippen LogP contribution in [0.1, 0.15) is 37.4 Å². The van der Waals surface area contributed by atoms with Gasteiger partial charge in [0, 0.05) is 18.7 Å². The third kappa shape index (κ3) is 5.37. The van der Waals surface area contributed by atoms with Gasteiger partial charge in [-0.25, -0.2) is 0 Å². The van der Waals surface area contributed by atoms with E-state index in [2.05, 4.69) is 10.6 Å². The fourth-order valence-corrected chi connectivity index (χ4v) is 1.99. The van der Waals surface area contributed by atoms with Crippen LogP contribution in [0, 0.1) is 6.92 Å². The minimum absolute atomic E-state index is 0.0285. The Morgan fingerprint density at radius 2 is 2.05 bits per heavy atom. The molecule has 6 nitrogen and oxygen atoms in total. The van der Waals surface area contributed by atoms with E-state index in [0.717, 1.165) is 11.1 Å². The summed E-state index contributed by atoms with van der Waals surface area (Å²) in [6.45, 7) is 6.41. The molecule has 1 unspecified atom stereocenters. The van der Waals surface area contributed by atoms with Gasteiger partial charge in [0.25, 0.3) is 0 Å². The van der Waals surface area contributed by atoms with E-state index in [0.29, 0.717) is 18.8 Å². The standard InChI is InChI=1S/C16H24N2O4/c1-4-22-14-7-6-11(2)10-13(14)12(3)18-16(21)15(20)17-8-5-9-19/h6-7,10,12,19H,4-5,8-9H2,1-3H3,(H,17,20)(H,18,21). The minimum atomic E-state index is -0.703. The molecular weight excluding hydrogens is 284 g/mol. The molecule has 0 radical (unpaired) electrons. The molecule has 0 fully saturated rings. The normalized spacial score (nSPS) is 11.6. The maximum absolute atomic E-state index is 11.8. The van der Waals surface area contributed by atoms with Crippen LogP contribution < -0.4 is 15.4 Å². The summed E-state index contributed by atoms with van der Waals surface area (Å²) >= 11 is 0. The highest BCUT2D eigenvalue weighted by Gasteiger charge is 2.19. The predicted molar refractivity (Wildman–Crippen MR) is 83.6 cm³/mol. The van der Waals surface area contributed by atoms with Gasteiger partial charge in [-0.3, -0.25) is 9.59 Å². The van der Waals surface area contributed by atoms with Crippen molar-refractivity contribution in [2.75, 3.05) is 19.8 Å². The third-order valence-corrected chi connectivity index (χ3v) is 3.11. The van der Waals surface area contributed by atoms with Crippen LogP contribution in [0.5, 0.6) is 5.75 Å². The average molecular weight is 308 g/mol. The van der Waals surface area contributed by atoms with Gasteiger partial charge >= 0.3 is 11.8 Å². The van der Waals surface area contributed by atoms with Crippen molar-refractivity contribution in [1.29, 1.82) is 0 Å². The summed E-state index contributed by atoms with van der Waals surface area (Å²) < 4.78 is 5.55. The van der Waals surface area contributed by atoms with Gasteiger partial charge in [-0.2, -0.15) is 0 Å². The zero-order valence-corrected chi connectivity index (χ0v) is 13.3. The van der Waals surface area contributed by atoms with Crippen molar-refractivity contribution in [3.63, 3.8) is 0 Å². The summed E-state index contributed by atoms with van der Waals surface area (Å²) in [4.78, 5) is 23.5. The molecular formula is C16H24N2O4. The second-order valence-corrected chi connectivity index (χ2v) is 5.00. The van der Waals surface area contributed by atoms with Gasteiger partial charge < -0.3 is 20.5 Å². The fourth-order valence-electron chi connectivity index (χ4n) is 1.99. The van der Waals surface area contributed by atoms with E-state index in [1.807, 2.05) is 32.0 Å². The number of carbonyl (C=O) groups excluding carboxylic acids is 2. The number of hydrogen-bond donors (Lipinski definition) is 3. The monoisotopic (exact) mass is 308 g/mol.